The van der Waals surface area contributed by atoms with E-state index < -0.39 is 23.5 Å². The van der Waals surface area contributed by atoms with Gasteiger partial charge >= 0.3 is 12.4 Å². The quantitative estimate of drug-likeness (QED) is 0.112. The molecule has 0 unspecified atom stereocenters. The summed E-state index contributed by atoms with van der Waals surface area (Å²) in [5.74, 6) is 0. The standard InChI is InChI=1S/2C52H39F3N4/c1-28-9-16-44-38(21-28)39-22-29(2)10-17-45(39)58(44)48-20-13-35(50-33(6)32(5)43(27-56)34(7)51(50)52(53,54)55)25-42(48)37-15-14-36(57-8)26-49(37)59-46-18-11-30(3)23-40(46)41-24-31(4)12-19-47(41)59;1-28-9-15-44-37(21-28)38-22-29(2)10-16-45(38)58(44)48-19-13-35(50-33(6)32(5)43(27-56)34(7)51(50)52(53,54)55)25-41(48)42-26-36(57-8)14-20-49(42)59-46-17-11-30(3)23-39(46)40-24-31(4)12-18-47(40)59/h2*9-26H,1-7H3. The zero-order valence-corrected chi connectivity index (χ0v) is 67.6. The fourth-order valence-corrected chi connectivity index (χ4v) is 18.3. The summed E-state index contributed by atoms with van der Waals surface area (Å²) in [5, 5.41) is 28.6. The van der Waals surface area contributed by atoms with Crippen molar-refractivity contribution < 1.29 is 26.3 Å². The van der Waals surface area contributed by atoms with Crippen LogP contribution >= 0.6 is 0 Å². The number of rotatable bonds is 8. The highest BCUT2D eigenvalue weighted by molar-refractivity contribution is 6.15. The van der Waals surface area contributed by atoms with Gasteiger partial charge in [0.05, 0.1) is 109 Å². The summed E-state index contributed by atoms with van der Waals surface area (Å²) in [6, 6.07) is 77.4. The molecule has 0 saturated carbocycles. The molecule has 18 aromatic rings. The molecule has 14 heteroatoms. The number of nitriles is 2. The summed E-state index contributed by atoms with van der Waals surface area (Å²) < 4.78 is 101. The highest BCUT2D eigenvalue weighted by Gasteiger charge is 2.41. The molecule has 8 nitrogen and oxygen atoms in total. The first kappa shape index (κ1) is 76.5. The van der Waals surface area contributed by atoms with Crippen molar-refractivity contribution in [3.63, 3.8) is 0 Å². The Bertz CT molecular complexity index is 7390. The van der Waals surface area contributed by atoms with Gasteiger partial charge in [-0.1, -0.05) is 123 Å². The number of aryl methyl sites for hydroxylation is 8. The molecule has 0 amide bonds. The topological polar surface area (TPSA) is 76.0 Å². The van der Waals surface area contributed by atoms with Crippen LogP contribution in [0.1, 0.15) is 100 Å². The number of hydrogen-bond acceptors (Lipinski definition) is 2. The lowest BCUT2D eigenvalue weighted by Crippen LogP contribution is -2.14. The smallest absolute Gasteiger partial charge is 0.310 e. The van der Waals surface area contributed by atoms with Crippen molar-refractivity contribution in [2.75, 3.05) is 0 Å². The van der Waals surface area contributed by atoms with Crippen LogP contribution in [-0.4, -0.2) is 18.3 Å². The van der Waals surface area contributed by atoms with Crippen molar-refractivity contribution in [3.8, 4) is 79.4 Å². The Labute approximate surface area is 679 Å². The molecular formula is C104H78F6N8. The molecule has 0 aliphatic carbocycles. The Morgan fingerprint density at radius 3 is 0.780 bits per heavy atom. The molecule has 0 spiro atoms. The van der Waals surface area contributed by atoms with Crippen molar-refractivity contribution in [2.24, 2.45) is 0 Å². The van der Waals surface area contributed by atoms with Gasteiger partial charge in [-0.05, 0) is 298 Å². The summed E-state index contributed by atoms with van der Waals surface area (Å²) in [4.78, 5) is 7.74. The first-order valence-corrected chi connectivity index (χ1v) is 39.0. The predicted octanol–water partition coefficient (Wildman–Crippen LogP) is 29.6. The van der Waals surface area contributed by atoms with Crippen LogP contribution in [-0.2, 0) is 12.4 Å². The highest BCUT2D eigenvalue weighted by atomic mass is 19.4. The van der Waals surface area contributed by atoms with E-state index in [1.165, 1.54) is 13.8 Å². The zero-order valence-electron chi connectivity index (χ0n) is 67.6. The Morgan fingerprint density at radius 1 is 0.263 bits per heavy atom. The molecule has 4 aromatic heterocycles. The molecule has 0 atom stereocenters. The van der Waals surface area contributed by atoms with E-state index in [0.717, 1.165) is 160 Å². The van der Waals surface area contributed by atoms with E-state index in [0.29, 0.717) is 61.4 Å². The van der Waals surface area contributed by atoms with Gasteiger partial charge in [0.1, 0.15) is 0 Å². The SMILES string of the molecule is [C-]#[N+]c1ccc(-c2cc(-c3c(C)c(C)c(C#N)c(C)c3C(F)(F)F)ccc2-n2c3ccc(C)cc3c3cc(C)ccc32)c(-n2c3ccc(C)cc3c3cc(C)ccc32)c1.[C-]#[N+]c1ccc(-n2c3ccc(C)cc3c3cc(C)ccc32)c(-c2cc(-c3c(C)c(C)c(C#N)c(C)c3C(F)(F)F)ccc2-n2c3ccc(C)cc3c3cc(C)ccc32)c1. The summed E-state index contributed by atoms with van der Waals surface area (Å²) in [7, 11) is 0. The lowest BCUT2D eigenvalue weighted by molar-refractivity contribution is -0.138. The Hall–Kier alpha value is -14.2. The molecule has 576 valence electrons. The maximum Gasteiger partial charge on any atom is 0.417 e. The molecule has 0 N–H and O–H groups in total. The summed E-state index contributed by atoms with van der Waals surface area (Å²) in [6.07, 6.45) is -9.47. The van der Waals surface area contributed by atoms with Crippen molar-refractivity contribution >= 4 is 98.6 Å². The van der Waals surface area contributed by atoms with E-state index in [1.54, 1.807) is 52.0 Å². The number of hydrogen-bond donors (Lipinski definition) is 0. The average molecular weight is 1550 g/mol. The van der Waals surface area contributed by atoms with Gasteiger partial charge in [0.2, 0.25) is 0 Å². The van der Waals surface area contributed by atoms with Crippen LogP contribution in [0, 0.1) is 133 Å². The molecule has 4 heterocycles. The predicted molar refractivity (Wildman–Crippen MR) is 470 cm³/mol. The summed E-state index contributed by atoms with van der Waals surface area (Å²) in [5.41, 5.74) is 24.2. The minimum absolute atomic E-state index is 0.0372. The maximum atomic E-state index is 15.3. The second kappa shape index (κ2) is 28.4. The minimum atomic E-state index is -4.74. The number of nitrogens with zero attached hydrogens (tertiary/aromatic N) is 8. The first-order valence-electron chi connectivity index (χ1n) is 39.0. The lowest BCUT2D eigenvalue weighted by atomic mass is 9.84. The van der Waals surface area contributed by atoms with Crippen LogP contribution in [0.15, 0.2) is 218 Å². The van der Waals surface area contributed by atoms with Crippen LogP contribution in [0.4, 0.5) is 37.7 Å². The molecule has 0 fully saturated rings. The molecule has 0 radical (unpaired) electrons. The first-order chi connectivity index (χ1) is 56.4. The molecule has 18 rings (SSSR count). The largest absolute Gasteiger partial charge is 0.417 e. The van der Waals surface area contributed by atoms with Crippen LogP contribution in [0.2, 0.25) is 0 Å². The normalized spacial score (nSPS) is 11.9. The van der Waals surface area contributed by atoms with E-state index >= 15 is 26.3 Å². The molecule has 14 aromatic carbocycles. The summed E-state index contributed by atoms with van der Waals surface area (Å²) >= 11 is 0. The van der Waals surface area contributed by atoms with Gasteiger partial charge in [0.15, 0.2) is 11.4 Å². The second-order valence-electron chi connectivity index (χ2n) is 31.8. The van der Waals surface area contributed by atoms with E-state index in [2.05, 4.69) is 229 Å². The van der Waals surface area contributed by atoms with Crippen LogP contribution in [0.5, 0.6) is 0 Å². The van der Waals surface area contributed by atoms with E-state index in [9.17, 15) is 10.5 Å². The third kappa shape index (κ3) is 12.3. The highest BCUT2D eigenvalue weighted by Crippen LogP contribution is 2.52. The Morgan fingerprint density at radius 2 is 0.508 bits per heavy atom. The van der Waals surface area contributed by atoms with Crippen molar-refractivity contribution in [2.45, 2.75) is 109 Å². The van der Waals surface area contributed by atoms with Gasteiger partial charge in [0, 0.05) is 65.5 Å². The Kier molecular flexibility index (Phi) is 18.4. The van der Waals surface area contributed by atoms with Gasteiger partial charge in [-0.3, -0.25) is 0 Å². The number of benzene rings is 14. The monoisotopic (exact) mass is 1550 g/mol. The van der Waals surface area contributed by atoms with Crippen molar-refractivity contribution in [1.29, 1.82) is 10.5 Å². The molecular weight excluding hydrogens is 1480 g/mol. The third-order valence-corrected chi connectivity index (χ3v) is 24.1. The second-order valence-corrected chi connectivity index (χ2v) is 31.8. The van der Waals surface area contributed by atoms with E-state index in [4.69, 9.17) is 13.1 Å². The molecule has 0 aliphatic heterocycles. The van der Waals surface area contributed by atoms with Crippen LogP contribution in [0.25, 0.3) is 164 Å². The Balaban J connectivity index is 0.000000169. The lowest BCUT2D eigenvalue weighted by Gasteiger charge is -2.24. The number of alkyl halides is 6. The number of fused-ring (bicyclic) bond motifs is 12. The molecule has 0 bridgehead atoms. The molecule has 118 heavy (non-hydrogen) atoms. The van der Waals surface area contributed by atoms with Crippen molar-refractivity contribution in [1.82, 2.24) is 18.3 Å². The summed E-state index contributed by atoms with van der Waals surface area (Å²) in [6.45, 7) is 42.4. The van der Waals surface area contributed by atoms with Gasteiger partial charge < -0.3 is 18.3 Å². The fraction of sp³-hybridized carbons (Fsp3) is 0.154. The molecule has 0 aliphatic rings. The van der Waals surface area contributed by atoms with Gasteiger partial charge in [-0.25, -0.2) is 9.69 Å². The van der Waals surface area contributed by atoms with E-state index in [-0.39, 0.29) is 33.4 Å². The maximum absolute atomic E-state index is 15.3. The fourth-order valence-electron chi connectivity index (χ4n) is 18.3. The third-order valence-electron chi connectivity index (χ3n) is 24.1. The van der Waals surface area contributed by atoms with Gasteiger partial charge in [-0.15, -0.1) is 0 Å². The van der Waals surface area contributed by atoms with E-state index in [1.807, 2.05) is 60.7 Å². The minimum Gasteiger partial charge on any atom is -0.310 e. The molecule has 0 saturated heterocycles. The van der Waals surface area contributed by atoms with Crippen molar-refractivity contribution in [3.05, 3.63) is 341 Å². The number of halogens is 6. The van der Waals surface area contributed by atoms with Gasteiger partial charge in [-0.2, -0.15) is 36.9 Å². The zero-order chi connectivity index (χ0) is 83.3. The average Bonchev–Trinajstić information content (AvgIpc) is 1.50. The van der Waals surface area contributed by atoms with Gasteiger partial charge in [0.25, 0.3) is 0 Å². The van der Waals surface area contributed by atoms with Crippen LogP contribution in [0.3, 0.4) is 0 Å². The van der Waals surface area contributed by atoms with Crippen LogP contribution < -0.4 is 0 Å². The number of aromatic nitrogens is 4.